The van der Waals surface area contributed by atoms with Crippen molar-refractivity contribution in [3.8, 4) is 5.75 Å². The van der Waals surface area contributed by atoms with Gasteiger partial charge in [-0.2, -0.15) is 5.10 Å². The predicted octanol–water partition coefficient (Wildman–Crippen LogP) is 1.23. The van der Waals surface area contributed by atoms with E-state index in [4.69, 9.17) is 18.9 Å². The number of nitrogens with zero attached hydrogens (tertiary/aromatic N) is 1. The van der Waals surface area contributed by atoms with Gasteiger partial charge in [0.05, 0.1) is 32.5 Å². The van der Waals surface area contributed by atoms with Gasteiger partial charge < -0.3 is 18.9 Å². The molecule has 0 bridgehead atoms. The summed E-state index contributed by atoms with van der Waals surface area (Å²) in [6.07, 6.45) is 1.58. The minimum Gasteiger partial charge on any atom is -0.482 e. The third-order valence-corrected chi connectivity index (χ3v) is 3.32. The lowest BCUT2D eigenvalue weighted by Crippen LogP contribution is -2.33. The molecule has 2 rings (SSSR count). The summed E-state index contributed by atoms with van der Waals surface area (Å²) >= 11 is 0. The average Bonchev–Trinajstić information content (AvgIpc) is 3.00. The Morgan fingerprint density at radius 3 is 2.60 bits per heavy atom. The molecule has 1 heterocycles. The number of carbonyl (C=O) groups excluding carboxylic acids is 2. The van der Waals surface area contributed by atoms with Gasteiger partial charge in [0.25, 0.3) is 0 Å². The first-order chi connectivity index (χ1) is 12.0. The van der Waals surface area contributed by atoms with Gasteiger partial charge in [-0.1, -0.05) is 0 Å². The molecule has 136 valence electrons. The molecule has 0 spiro atoms. The summed E-state index contributed by atoms with van der Waals surface area (Å²) in [6.45, 7) is 4.60. The minimum atomic E-state index is -0.877. The number of carbonyl (C=O) groups is 2. The number of esters is 1. The number of hydrazone groups is 1. The lowest BCUT2D eigenvalue weighted by atomic mass is 10.2. The van der Waals surface area contributed by atoms with E-state index in [9.17, 15) is 9.59 Å². The first kappa shape index (κ1) is 18.9. The molecule has 0 saturated carbocycles. The molecule has 1 aromatic carbocycles. The molecule has 0 atom stereocenters. The zero-order valence-electron chi connectivity index (χ0n) is 14.3. The first-order valence-corrected chi connectivity index (χ1v) is 7.99. The second-order valence-corrected chi connectivity index (χ2v) is 5.46. The number of benzene rings is 1. The predicted molar refractivity (Wildman–Crippen MR) is 89.2 cm³/mol. The molecular weight excluding hydrogens is 328 g/mol. The maximum Gasteiger partial charge on any atom is 0.344 e. The fourth-order valence-electron chi connectivity index (χ4n) is 2.16. The summed E-state index contributed by atoms with van der Waals surface area (Å²) in [5.74, 6) is -1.05. The Kier molecular flexibility index (Phi) is 6.91. The molecule has 25 heavy (non-hydrogen) atoms. The van der Waals surface area contributed by atoms with Crippen LogP contribution in [0.3, 0.4) is 0 Å². The molecular formula is C17H22N2O6. The first-order valence-electron chi connectivity index (χ1n) is 7.99. The van der Waals surface area contributed by atoms with Gasteiger partial charge in [-0.25, -0.2) is 10.2 Å². The number of ether oxygens (including phenoxy) is 4. The van der Waals surface area contributed by atoms with E-state index in [0.29, 0.717) is 25.6 Å². The van der Waals surface area contributed by atoms with Gasteiger partial charge in [0.15, 0.2) is 12.4 Å². The third-order valence-electron chi connectivity index (χ3n) is 3.32. The van der Waals surface area contributed by atoms with E-state index < -0.39 is 11.8 Å². The van der Waals surface area contributed by atoms with Crippen LogP contribution in [0.5, 0.6) is 5.75 Å². The molecule has 8 heteroatoms. The zero-order chi connectivity index (χ0) is 18.1. The van der Waals surface area contributed by atoms with E-state index >= 15 is 0 Å². The second-order valence-electron chi connectivity index (χ2n) is 5.46. The Morgan fingerprint density at radius 1 is 1.28 bits per heavy atom. The fraction of sp³-hybridized carbons (Fsp3) is 0.471. The van der Waals surface area contributed by atoms with Crippen molar-refractivity contribution in [2.75, 3.05) is 26.4 Å². The molecule has 1 N–H and O–H groups in total. The number of hydrogen-bond donors (Lipinski definition) is 1. The van der Waals surface area contributed by atoms with Crippen molar-refractivity contribution in [2.45, 2.75) is 26.1 Å². The highest BCUT2D eigenvalue weighted by Gasteiger charge is 2.33. The summed E-state index contributed by atoms with van der Waals surface area (Å²) < 4.78 is 20.8. The summed E-state index contributed by atoms with van der Waals surface area (Å²) in [5, 5.41) is 3.89. The van der Waals surface area contributed by atoms with Gasteiger partial charge >= 0.3 is 5.97 Å². The second kappa shape index (κ2) is 9.14. The number of hydrogen-bond acceptors (Lipinski definition) is 7. The van der Waals surface area contributed by atoms with Gasteiger partial charge in [0, 0.05) is 0 Å². The van der Waals surface area contributed by atoms with Crippen LogP contribution in [0.4, 0.5) is 0 Å². The van der Waals surface area contributed by atoms with Crippen LogP contribution >= 0.6 is 0 Å². The normalized spacial score (nSPS) is 15.9. The smallest absolute Gasteiger partial charge is 0.344 e. The number of amides is 1. The molecule has 8 nitrogen and oxygen atoms in total. The van der Waals surface area contributed by atoms with Gasteiger partial charge in [0.2, 0.25) is 5.91 Å². The van der Waals surface area contributed by atoms with E-state index in [-0.39, 0.29) is 18.9 Å². The van der Waals surface area contributed by atoms with Crippen molar-refractivity contribution in [1.29, 1.82) is 0 Å². The lowest BCUT2D eigenvalue weighted by molar-refractivity contribution is -0.159. The van der Waals surface area contributed by atoms with Crippen LogP contribution in [0.2, 0.25) is 0 Å². The molecule has 0 unspecified atom stereocenters. The molecule has 1 amide bonds. The minimum absolute atomic E-state index is 0.0744. The average molecular weight is 350 g/mol. The van der Waals surface area contributed by atoms with Crippen LogP contribution < -0.4 is 10.2 Å². The molecule has 0 aromatic heterocycles. The molecule has 1 aromatic rings. The van der Waals surface area contributed by atoms with Crippen LogP contribution in [0, 0.1) is 0 Å². The molecule has 1 aliphatic rings. The maximum atomic E-state index is 11.8. The fourth-order valence-corrected chi connectivity index (χ4v) is 2.16. The van der Waals surface area contributed by atoms with Crippen molar-refractivity contribution in [3.63, 3.8) is 0 Å². The topological polar surface area (TPSA) is 95.5 Å². The molecule has 1 saturated heterocycles. The highest BCUT2D eigenvalue weighted by molar-refractivity contribution is 5.82. The number of nitrogens with one attached hydrogen (secondary N) is 1. The van der Waals surface area contributed by atoms with Crippen molar-refractivity contribution >= 4 is 18.1 Å². The molecule has 1 fully saturated rings. The van der Waals surface area contributed by atoms with Crippen molar-refractivity contribution < 1.29 is 28.5 Å². The van der Waals surface area contributed by atoms with Crippen molar-refractivity contribution in [1.82, 2.24) is 5.43 Å². The Balaban J connectivity index is 1.75. The SMILES string of the molecule is CCOC(=O)COc1ccc(/C=N/NC(=O)CC2(C)OCCO2)cc1. The van der Waals surface area contributed by atoms with Crippen LogP contribution in [0.15, 0.2) is 29.4 Å². The number of rotatable bonds is 8. The van der Waals surface area contributed by atoms with E-state index in [1.165, 1.54) is 6.21 Å². The molecule has 1 aliphatic heterocycles. The Labute approximate surface area is 146 Å². The maximum absolute atomic E-state index is 11.8. The van der Waals surface area contributed by atoms with Crippen LogP contribution in [0.1, 0.15) is 25.8 Å². The van der Waals surface area contributed by atoms with E-state index in [1.54, 1.807) is 38.1 Å². The highest BCUT2D eigenvalue weighted by atomic mass is 16.7. The molecule has 0 radical (unpaired) electrons. The quantitative estimate of drug-likeness (QED) is 0.430. The van der Waals surface area contributed by atoms with Crippen molar-refractivity contribution in [3.05, 3.63) is 29.8 Å². The van der Waals surface area contributed by atoms with E-state index in [0.717, 1.165) is 5.56 Å². The van der Waals surface area contributed by atoms with E-state index in [2.05, 4.69) is 10.5 Å². The Morgan fingerprint density at radius 2 is 1.96 bits per heavy atom. The van der Waals surface area contributed by atoms with Gasteiger partial charge in [0.1, 0.15) is 5.75 Å². The summed E-state index contributed by atoms with van der Waals surface area (Å²) in [6, 6.07) is 6.90. The van der Waals surface area contributed by atoms with Crippen molar-refractivity contribution in [2.24, 2.45) is 5.10 Å². The van der Waals surface area contributed by atoms with E-state index in [1.807, 2.05) is 0 Å². The van der Waals surface area contributed by atoms with Crippen LogP contribution in [-0.2, 0) is 23.8 Å². The summed E-state index contributed by atoms with van der Waals surface area (Å²) in [7, 11) is 0. The third kappa shape index (κ3) is 6.52. The largest absolute Gasteiger partial charge is 0.482 e. The van der Waals surface area contributed by atoms with Crippen LogP contribution in [0.25, 0.3) is 0 Å². The van der Waals surface area contributed by atoms with Gasteiger partial charge in [-0.15, -0.1) is 0 Å². The Hall–Kier alpha value is -2.45. The lowest BCUT2D eigenvalue weighted by Gasteiger charge is -2.20. The standard InChI is InChI=1S/C17H22N2O6/c1-3-22-16(21)12-23-14-6-4-13(5-7-14)11-18-19-15(20)10-17(2)24-8-9-25-17/h4-7,11H,3,8-10,12H2,1-2H3,(H,19,20)/b18-11+. The monoisotopic (exact) mass is 350 g/mol. The summed E-state index contributed by atoms with van der Waals surface area (Å²) in [5.41, 5.74) is 3.20. The Bertz CT molecular complexity index is 608. The van der Waals surface area contributed by atoms with Gasteiger partial charge in [-0.3, -0.25) is 4.79 Å². The van der Waals surface area contributed by atoms with Crippen LogP contribution in [-0.4, -0.2) is 50.3 Å². The highest BCUT2D eigenvalue weighted by Crippen LogP contribution is 2.22. The van der Waals surface area contributed by atoms with Gasteiger partial charge in [-0.05, 0) is 43.7 Å². The zero-order valence-corrected chi connectivity index (χ0v) is 14.3. The molecule has 0 aliphatic carbocycles. The summed E-state index contributed by atoms with van der Waals surface area (Å²) in [4.78, 5) is 23.0.